The Hall–Kier alpha value is -4.18. The number of carboxylic acids is 2. The maximum atomic E-state index is 13.6. The normalized spacial score (nSPS) is 11.9. The van der Waals surface area contributed by atoms with E-state index in [1.165, 1.54) is 28.6 Å². The van der Waals surface area contributed by atoms with E-state index in [1.54, 1.807) is 24.3 Å². The van der Waals surface area contributed by atoms with Crippen LogP contribution in [0.5, 0.6) is 0 Å². The predicted octanol–water partition coefficient (Wildman–Crippen LogP) is 3.87. The van der Waals surface area contributed by atoms with Gasteiger partial charge in [0, 0.05) is 18.5 Å². The van der Waals surface area contributed by atoms with E-state index in [-0.39, 0.29) is 23.4 Å². The molecule has 1 unspecified atom stereocenters. The van der Waals surface area contributed by atoms with Gasteiger partial charge in [0.1, 0.15) is 6.04 Å². The van der Waals surface area contributed by atoms with Crippen molar-refractivity contribution in [2.75, 3.05) is 10.8 Å². The molecule has 200 valence electrons. The second-order valence-electron chi connectivity index (χ2n) is 8.82. The van der Waals surface area contributed by atoms with Crippen LogP contribution in [0.2, 0.25) is 0 Å². The lowest BCUT2D eigenvalue weighted by molar-refractivity contribution is -0.140. The molecule has 3 aromatic rings. The van der Waals surface area contributed by atoms with Crippen LogP contribution in [0.1, 0.15) is 40.7 Å². The van der Waals surface area contributed by atoms with Crippen molar-refractivity contribution >= 4 is 33.6 Å². The van der Waals surface area contributed by atoms with Crippen molar-refractivity contribution in [2.24, 2.45) is 0 Å². The number of aliphatic carboxylic acids is 2. The first-order chi connectivity index (χ1) is 18.1. The monoisotopic (exact) mass is 538 g/mol. The molecule has 3 N–H and O–H groups in total. The van der Waals surface area contributed by atoms with E-state index >= 15 is 0 Å². The molecule has 0 heterocycles. The van der Waals surface area contributed by atoms with Gasteiger partial charge in [-0.15, -0.1) is 0 Å². The van der Waals surface area contributed by atoms with Crippen LogP contribution in [0, 0.1) is 6.92 Å². The lowest BCUT2D eigenvalue weighted by atomic mass is 10.1. The van der Waals surface area contributed by atoms with Crippen molar-refractivity contribution in [3.05, 3.63) is 95.6 Å². The molecule has 3 rings (SSSR count). The van der Waals surface area contributed by atoms with E-state index < -0.39 is 40.3 Å². The largest absolute Gasteiger partial charge is 0.481 e. The van der Waals surface area contributed by atoms with Crippen molar-refractivity contribution in [2.45, 2.75) is 43.5 Å². The molecule has 10 heteroatoms. The number of nitrogens with zero attached hydrogens (tertiary/aromatic N) is 1. The Morgan fingerprint density at radius 2 is 1.53 bits per heavy atom. The Labute approximate surface area is 221 Å². The summed E-state index contributed by atoms with van der Waals surface area (Å²) in [7, 11) is -3.90. The van der Waals surface area contributed by atoms with E-state index in [0.717, 1.165) is 11.1 Å². The number of sulfonamides is 1. The van der Waals surface area contributed by atoms with Gasteiger partial charge in [0.25, 0.3) is 15.9 Å². The zero-order valence-corrected chi connectivity index (χ0v) is 21.7. The van der Waals surface area contributed by atoms with Crippen molar-refractivity contribution in [3.63, 3.8) is 0 Å². The van der Waals surface area contributed by atoms with Gasteiger partial charge in [-0.2, -0.15) is 0 Å². The van der Waals surface area contributed by atoms with Crippen LogP contribution in [0.15, 0.2) is 83.8 Å². The number of amides is 1. The third kappa shape index (κ3) is 7.66. The summed E-state index contributed by atoms with van der Waals surface area (Å²) in [6.07, 6.45) is 0.554. The van der Waals surface area contributed by atoms with Crippen molar-refractivity contribution in [3.8, 4) is 0 Å². The Morgan fingerprint density at radius 1 is 0.895 bits per heavy atom. The fraction of sp³-hybridized carbons (Fsp3) is 0.250. The number of rotatable bonds is 13. The molecule has 0 aliphatic rings. The van der Waals surface area contributed by atoms with Crippen LogP contribution in [0.3, 0.4) is 0 Å². The highest BCUT2D eigenvalue weighted by molar-refractivity contribution is 7.92. The van der Waals surface area contributed by atoms with Crippen molar-refractivity contribution in [1.29, 1.82) is 0 Å². The standard InChI is InChI=1S/C28H30N2O7S/c1-20-9-15-24(16-10-20)38(36,37)30(19-5-8-21-6-3-2-4-7-21)23-13-11-22(12-14-23)27(33)29-25(28(34)35)17-18-26(31)32/h2-4,6-7,9-16,25H,5,8,17-19H2,1H3,(H,29,33)(H,31,32)(H,34,35). The van der Waals surface area contributed by atoms with Crippen LogP contribution in [0.25, 0.3) is 0 Å². The molecule has 0 saturated carbocycles. The highest BCUT2D eigenvalue weighted by Crippen LogP contribution is 2.25. The van der Waals surface area contributed by atoms with Gasteiger partial charge < -0.3 is 15.5 Å². The number of benzene rings is 3. The van der Waals surface area contributed by atoms with Crippen molar-refractivity contribution < 1.29 is 33.0 Å². The average molecular weight is 539 g/mol. The first-order valence-corrected chi connectivity index (χ1v) is 13.5. The topological polar surface area (TPSA) is 141 Å². The number of aryl methyl sites for hydroxylation is 2. The molecule has 0 aliphatic heterocycles. The molecule has 38 heavy (non-hydrogen) atoms. The highest BCUT2D eigenvalue weighted by atomic mass is 32.2. The van der Waals surface area contributed by atoms with Gasteiger partial charge in [-0.3, -0.25) is 13.9 Å². The van der Waals surface area contributed by atoms with E-state index in [9.17, 15) is 27.9 Å². The van der Waals surface area contributed by atoms with E-state index in [2.05, 4.69) is 5.32 Å². The van der Waals surface area contributed by atoms with Crippen LogP contribution in [-0.4, -0.2) is 49.1 Å². The molecule has 9 nitrogen and oxygen atoms in total. The summed E-state index contributed by atoms with van der Waals surface area (Å²) < 4.78 is 28.5. The summed E-state index contributed by atoms with van der Waals surface area (Å²) >= 11 is 0. The number of carboxylic acid groups (broad SMARTS) is 2. The fourth-order valence-corrected chi connectivity index (χ4v) is 5.35. The summed E-state index contributed by atoms with van der Waals surface area (Å²) in [4.78, 5) is 34.9. The number of hydrogen-bond acceptors (Lipinski definition) is 5. The molecule has 0 saturated heterocycles. The summed E-state index contributed by atoms with van der Waals surface area (Å²) in [5.74, 6) is -3.21. The number of nitrogens with one attached hydrogen (secondary N) is 1. The molecular formula is C28H30N2O7S. The first kappa shape index (κ1) is 28.4. The van der Waals surface area contributed by atoms with Gasteiger partial charge in [-0.1, -0.05) is 48.0 Å². The van der Waals surface area contributed by atoms with Crippen LogP contribution in [0.4, 0.5) is 5.69 Å². The van der Waals surface area contributed by atoms with E-state index in [1.807, 2.05) is 37.3 Å². The van der Waals surface area contributed by atoms with Gasteiger partial charge in [-0.25, -0.2) is 13.2 Å². The predicted molar refractivity (Wildman–Crippen MR) is 143 cm³/mol. The summed E-state index contributed by atoms with van der Waals surface area (Å²) in [6.45, 7) is 2.07. The van der Waals surface area contributed by atoms with Crippen LogP contribution >= 0.6 is 0 Å². The van der Waals surface area contributed by atoms with Gasteiger partial charge in [-0.05, 0) is 68.1 Å². The minimum Gasteiger partial charge on any atom is -0.481 e. The van der Waals surface area contributed by atoms with Gasteiger partial charge in [0.2, 0.25) is 0 Å². The number of anilines is 1. The Morgan fingerprint density at radius 3 is 2.11 bits per heavy atom. The third-order valence-electron chi connectivity index (χ3n) is 5.95. The fourth-order valence-electron chi connectivity index (χ4n) is 3.84. The number of hydrogen-bond donors (Lipinski definition) is 3. The molecule has 3 aromatic carbocycles. The maximum absolute atomic E-state index is 13.6. The molecule has 0 spiro atoms. The lowest BCUT2D eigenvalue weighted by Gasteiger charge is -2.25. The molecule has 0 radical (unpaired) electrons. The molecule has 0 bridgehead atoms. The Balaban J connectivity index is 1.82. The highest BCUT2D eigenvalue weighted by Gasteiger charge is 2.26. The van der Waals surface area contributed by atoms with Crippen molar-refractivity contribution in [1.82, 2.24) is 5.32 Å². The van der Waals surface area contributed by atoms with Gasteiger partial charge in [0.05, 0.1) is 10.6 Å². The summed E-state index contributed by atoms with van der Waals surface area (Å²) in [5.41, 5.74) is 2.49. The number of carbonyl (C=O) groups excluding carboxylic acids is 1. The number of carbonyl (C=O) groups is 3. The van der Waals surface area contributed by atoms with Crippen LogP contribution in [-0.2, 0) is 26.0 Å². The maximum Gasteiger partial charge on any atom is 0.326 e. The lowest BCUT2D eigenvalue weighted by Crippen LogP contribution is -2.41. The minimum atomic E-state index is -3.90. The average Bonchev–Trinajstić information content (AvgIpc) is 2.89. The molecule has 1 atom stereocenters. The van der Waals surface area contributed by atoms with Crippen LogP contribution < -0.4 is 9.62 Å². The zero-order chi connectivity index (χ0) is 27.7. The second kappa shape index (κ2) is 12.9. The van der Waals surface area contributed by atoms with Gasteiger partial charge in [0.15, 0.2) is 0 Å². The summed E-state index contributed by atoms with van der Waals surface area (Å²) in [6, 6.07) is 20.7. The summed E-state index contributed by atoms with van der Waals surface area (Å²) in [5, 5.41) is 20.4. The molecule has 1 amide bonds. The SMILES string of the molecule is Cc1ccc(S(=O)(=O)N(CCCc2ccccc2)c2ccc(C(=O)NC(CCC(=O)O)C(=O)O)cc2)cc1. The first-order valence-electron chi connectivity index (χ1n) is 12.1. The minimum absolute atomic E-state index is 0.118. The molecule has 0 aliphatic carbocycles. The quantitative estimate of drug-likeness (QED) is 0.300. The zero-order valence-electron chi connectivity index (χ0n) is 20.9. The Bertz CT molecular complexity index is 1360. The van der Waals surface area contributed by atoms with E-state index in [0.29, 0.717) is 18.5 Å². The van der Waals surface area contributed by atoms with Gasteiger partial charge >= 0.3 is 11.9 Å². The molecule has 0 fully saturated rings. The third-order valence-corrected chi connectivity index (χ3v) is 7.79. The second-order valence-corrected chi connectivity index (χ2v) is 10.7. The van der Waals surface area contributed by atoms with E-state index in [4.69, 9.17) is 5.11 Å². The molecular weight excluding hydrogens is 508 g/mol. The smallest absolute Gasteiger partial charge is 0.326 e. The Kier molecular flexibility index (Phi) is 9.61. The molecule has 0 aromatic heterocycles.